The summed E-state index contributed by atoms with van der Waals surface area (Å²) in [6, 6.07) is 13.7. The summed E-state index contributed by atoms with van der Waals surface area (Å²) in [6.45, 7) is 4.70. The molecule has 0 saturated carbocycles. The predicted octanol–water partition coefficient (Wildman–Crippen LogP) is 3.56. The third kappa shape index (κ3) is 2.77. The second-order valence-corrected chi connectivity index (χ2v) is 5.50. The molecule has 1 heterocycles. The van der Waals surface area contributed by atoms with Crippen LogP contribution in [0.2, 0.25) is 0 Å². The Morgan fingerprint density at radius 3 is 2.76 bits per heavy atom. The van der Waals surface area contributed by atoms with Crippen molar-refractivity contribution in [3.05, 3.63) is 64.7 Å². The second kappa shape index (κ2) is 5.60. The Morgan fingerprint density at radius 1 is 1.14 bits per heavy atom. The van der Waals surface area contributed by atoms with Crippen molar-refractivity contribution >= 4 is 5.91 Å². The number of para-hydroxylation sites is 1. The van der Waals surface area contributed by atoms with E-state index in [0.717, 1.165) is 23.3 Å². The molecule has 3 nitrogen and oxygen atoms in total. The molecule has 21 heavy (non-hydrogen) atoms. The number of carbonyl (C=O) groups excluding carboxylic acids is 1. The molecule has 0 aromatic heterocycles. The quantitative estimate of drug-likeness (QED) is 0.914. The van der Waals surface area contributed by atoms with E-state index in [2.05, 4.69) is 5.32 Å². The highest BCUT2D eigenvalue weighted by Gasteiger charge is 2.23. The zero-order valence-electron chi connectivity index (χ0n) is 12.3. The van der Waals surface area contributed by atoms with Crippen molar-refractivity contribution in [3.63, 3.8) is 0 Å². The van der Waals surface area contributed by atoms with Gasteiger partial charge in [-0.25, -0.2) is 0 Å². The van der Waals surface area contributed by atoms with E-state index in [1.54, 1.807) is 0 Å². The number of fused-ring (bicyclic) bond motifs is 1. The lowest BCUT2D eigenvalue weighted by Gasteiger charge is -2.26. The van der Waals surface area contributed by atoms with Crippen molar-refractivity contribution in [2.45, 2.75) is 26.3 Å². The second-order valence-electron chi connectivity index (χ2n) is 5.50. The van der Waals surface area contributed by atoms with E-state index in [4.69, 9.17) is 4.74 Å². The molecule has 1 N–H and O–H groups in total. The molecule has 1 amide bonds. The monoisotopic (exact) mass is 281 g/mol. The largest absolute Gasteiger partial charge is 0.493 e. The normalized spacial score (nSPS) is 16.8. The smallest absolute Gasteiger partial charge is 0.251 e. The Kier molecular flexibility index (Phi) is 3.65. The van der Waals surface area contributed by atoms with Gasteiger partial charge in [-0.2, -0.15) is 0 Å². The molecule has 0 aliphatic carbocycles. The van der Waals surface area contributed by atoms with Crippen LogP contribution in [0.5, 0.6) is 5.75 Å². The Balaban J connectivity index is 1.81. The van der Waals surface area contributed by atoms with E-state index in [1.165, 1.54) is 5.56 Å². The Bertz CT molecular complexity index is 679. The van der Waals surface area contributed by atoms with E-state index < -0.39 is 0 Å². The average Bonchev–Trinajstić information content (AvgIpc) is 2.50. The molecule has 2 aromatic rings. The maximum atomic E-state index is 12.4. The lowest BCUT2D eigenvalue weighted by molar-refractivity contribution is 0.0924. The maximum Gasteiger partial charge on any atom is 0.251 e. The number of benzene rings is 2. The van der Waals surface area contributed by atoms with Crippen LogP contribution in [-0.4, -0.2) is 12.5 Å². The van der Waals surface area contributed by atoms with Gasteiger partial charge >= 0.3 is 0 Å². The fraction of sp³-hybridized carbons (Fsp3) is 0.278. The van der Waals surface area contributed by atoms with E-state index >= 15 is 0 Å². The minimum atomic E-state index is -0.0280. The van der Waals surface area contributed by atoms with Crippen molar-refractivity contribution in [2.24, 2.45) is 0 Å². The lowest BCUT2D eigenvalue weighted by atomic mass is 9.99. The van der Waals surface area contributed by atoms with Crippen molar-refractivity contribution < 1.29 is 9.53 Å². The minimum Gasteiger partial charge on any atom is -0.493 e. The van der Waals surface area contributed by atoms with Gasteiger partial charge in [-0.3, -0.25) is 4.79 Å². The van der Waals surface area contributed by atoms with Crippen LogP contribution >= 0.6 is 0 Å². The molecule has 0 bridgehead atoms. The summed E-state index contributed by atoms with van der Waals surface area (Å²) < 4.78 is 5.62. The Morgan fingerprint density at radius 2 is 1.95 bits per heavy atom. The van der Waals surface area contributed by atoms with E-state index in [1.807, 2.05) is 56.3 Å². The van der Waals surface area contributed by atoms with Crippen LogP contribution in [0.1, 0.15) is 39.5 Å². The Labute approximate surface area is 124 Å². The first-order chi connectivity index (χ1) is 10.1. The molecule has 3 heteroatoms. The van der Waals surface area contributed by atoms with Crippen molar-refractivity contribution in [3.8, 4) is 5.75 Å². The summed E-state index contributed by atoms with van der Waals surface area (Å²) in [5, 5.41) is 3.12. The molecular weight excluding hydrogens is 262 g/mol. The summed E-state index contributed by atoms with van der Waals surface area (Å²) in [6.07, 6.45) is 0.799. The van der Waals surface area contributed by atoms with Crippen molar-refractivity contribution in [2.75, 3.05) is 6.61 Å². The van der Waals surface area contributed by atoms with Crippen LogP contribution in [0.15, 0.2) is 42.5 Å². The lowest BCUT2D eigenvalue weighted by Crippen LogP contribution is -2.32. The molecule has 1 atom stereocenters. The topological polar surface area (TPSA) is 38.3 Å². The molecular formula is C18H19NO2. The number of amides is 1. The van der Waals surface area contributed by atoms with Crippen LogP contribution in [0, 0.1) is 13.8 Å². The molecule has 3 rings (SSSR count). The average molecular weight is 281 g/mol. The number of hydrogen-bond acceptors (Lipinski definition) is 2. The fourth-order valence-electron chi connectivity index (χ4n) is 2.62. The van der Waals surface area contributed by atoms with Gasteiger partial charge in [-0.15, -0.1) is 0 Å². The van der Waals surface area contributed by atoms with Gasteiger partial charge in [-0.05, 0) is 43.2 Å². The summed E-state index contributed by atoms with van der Waals surface area (Å²) in [4.78, 5) is 12.4. The first kappa shape index (κ1) is 13.7. The summed E-state index contributed by atoms with van der Waals surface area (Å²) in [5.74, 6) is 0.842. The Hall–Kier alpha value is -2.29. The highest BCUT2D eigenvalue weighted by Crippen LogP contribution is 2.31. The summed E-state index contributed by atoms with van der Waals surface area (Å²) >= 11 is 0. The number of ether oxygens (including phenoxy) is 1. The first-order valence-corrected chi connectivity index (χ1v) is 7.25. The number of aryl methyl sites for hydroxylation is 2. The maximum absolute atomic E-state index is 12.4. The summed E-state index contributed by atoms with van der Waals surface area (Å²) in [7, 11) is 0. The standard InChI is InChI=1S/C18H19NO2/c1-12-7-8-14(11-13(12)2)18(20)19-16-9-10-21-17-6-4-3-5-15(16)17/h3-8,11,16H,9-10H2,1-2H3,(H,19,20)/t16-/m0/s1. The third-order valence-electron chi connectivity index (χ3n) is 4.03. The molecule has 1 aliphatic rings. The molecule has 0 saturated heterocycles. The first-order valence-electron chi connectivity index (χ1n) is 7.25. The van der Waals surface area contributed by atoms with Gasteiger partial charge < -0.3 is 10.1 Å². The van der Waals surface area contributed by atoms with Gasteiger partial charge in [0.05, 0.1) is 12.6 Å². The van der Waals surface area contributed by atoms with Gasteiger partial charge in [0, 0.05) is 17.5 Å². The van der Waals surface area contributed by atoms with Crippen LogP contribution in [0.4, 0.5) is 0 Å². The van der Waals surface area contributed by atoms with Gasteiger partial charge in [0.2, 0.25) is 0 Å². The highest BCUT2D eigenvalue weighted by molar-refractivity contribution is 5.94. The molecule has 1 aliphatic heterocycles. The van der Waals surface area contributed by atoms with Crippen molar-refractivity contribution in [1.82, 2.24) is 5.32 Å². The van der Waals surface area contributed by atoms with Gasteiger partial charge in [0.25, 0.3) is 5.91 Å². The number of rotatable bonds is 2. The van der Waals surface area contributed by atoms with Gasteiger partial charge in [0.1, 0.15) is 5.75 Å². The number of nitrogens with one attached hydrogen (secondary N) is 1. The molecule has 108 valence electrons. The van der Waals surface area contributed by atoms with Gasteiger partial charge in [0.15, 0.2) is 0 Å². The predicted molar refractivity (Wildman–Crippen MR) is 82.7 cm³/mol. The van der Waals surface area contributed by atoms with Crippen LogP contribution in [0.3, 0.4) is 0 Å². The minimum absolute atomic E-state index is 0.0176. The number of hydrogen-bond donors (Lipinski definition) is 1. The molecule has 2 aromatic carbocycles. The molecule has 0 fully saturated rings. The van der Waals surface area contributed by atoms with Crippen LogP contribution < -0.4 is 10.1 Å². The highest BCUT2D eigenvalue weighted by atomic mass is 16.5. The zero-order chi connectivity index (χ0) is 14.8. The SMILES string of the molecule is Cc1ccc(C(=O)N[C@H]2CCOc3ccccc32)cc1C. The van der Waals surface area contributed by atoms with Gasteiger partial charge in [-0.1, -0.05) is 24.3 Å². The summed E-state index contributed by atoms with van der Waals surface area (Å²) in [5.41, 5.74) is 4.10. The number of carbonyl (C=O) groups is 1. The zero-order valence-corrected chi connectivity index (χ0v) is 12.3. The van der Waals surface area contributed by atoms with E-state index in [-0.39, 0.29) is 11.9 Å². The van der Waals surface area contributed by atoms with Crippen LogP contribution in [0.25, 0.3) is 0 Å². The third-order valence-corrected chi connectivity index (χ3v) is 4.03. The van der Waals surface area contributed by atoms with E-state index in [0.29, 0.717) is 12.2 Å². The van der Waals surface area contributed by atoms with Crippen LogP contribution in [-0.2, 0) is 0 Å². The fourth-order valence-corrected chi connectivity index (χ4v) is 2.62. The molecule has 0 unspecified atom stereocenters. The van der Waals surface area contributed by atoms with E-state index in [9.17, 15) is 4.79 Å². The van der Waals surface area contributed by atoms with Crippen molar-refractivity contribution in [1.29, 1.82) is 0 Å². The molecule has 0 radical (unpaired) electrons. The molecule has 0 spiro atoms.